The second kappa shape index (κ2) is 7.43. The first-order valence-corrected chi connectivity index (χ1v) is 9.21. The standard InChI is InChI=1S/C20H21ClFNO3/c21-17-11-14(12-18-19(17)26-10-9-25-18)13-23-20(5-7-24-8-6-20)15-1-3-16(22)4-2-15/h1-4,11-12,23H,5-10,13H2. The van der Waals surface area contributed by atoms with Crippen molar-refractivity contribution in [3.8, 4) is 11.5 Å². The van der Waals surface area contributed by atoms with E-state index in [2.05, 4.69) is 5.32 Å². The second-order valence-electron chi connectivity index (χ2n) is 6.66. The maximum Gasteiger partial charge on any atom is 0.179 e. The molecule has 4 rings (SSSR count). The third-order valence-electron chi connectivity index (χ3n) is 5.03. The largest absolute Gasteiger partial charge is 0.486 e. The lowest BCUT2D eigenvalue weighted by Gasteiger charge is -2.39. The maximum absolute atomic E-state index is 13.3. The van der Waals surface area contributed by atoms with Gasteiger partial charge in [-0.2, -0.15) is 0 Å². The molecular formula is C20H21ClFNO3. The van der Waals surface area contributed by atoms with E-state index in [1.807, 2.05) is 24.3 Å². The lowest BCUT2D eigenvalue weighted by Crippen LogP contribution is -2.46. The monoisotopic (exact) mass is 377 g/mol. The topological polar surface area (TPSA) is 39.7 Å². The van der Waals surface area contributed by atoms with Crippen LogP contribution in [-0.2, 0) is 16.8 Å². The van der Waals surface area contributed by atoms with Gasteiger partial charge in [-0.1, -0.05) is 23.7 Å². The average Bonchev–Trinajstić information content (AvgIpc) is 2.68. The minimum Gasteiger partial charge on any atom is -0.486 e. The Morgan fingerprint density at radius 1 is 1.00 bits per heavy atom. The number of nitrogens with one attached hydrogen (secondary N) is 1. The zero-order chi connectivity index (χ0) is 18.0. The molecule has 1 fully saturated rings. The van der Waals surface area contributed by atoms with Gasteiger partial charge >= 0.3 is 0 Å². The van der Waals surface area contributed by atoms with Gasteiger partial charge in [0.05, 0.1) is 5.02 Å². The van der Waals surface area contributed by atoms with Crippen LogP contribution in [0.5, 0.6) is 11.5 Å². The van der Waals surface area contributed by atoms with Crippen LogP contribution in [0.25, 0.3) is 0 Å². The quantitative estimate of drug-likeness (QED) is 0.872. The molecule has 2 aliphatic rings. The van der Waals surface area contributed by atoms with Gasteiger partial charge < -0.3 is 19.5 Å². The highest BCUT2D eigenvalue weighted by molar-refractivity contribution is 6.32. The van der Waals surface area contributed by atoms with Crippen LogP contribution in [0.3, 0.4) is 0 Å². The number of hydrogen-bond donors (Lipinski definition) is 1. The van der Waals surface area contributed by atoms with Crippen molar-refractivity contribution in [2.24, 2.45) is 0 Å². The Morgan fingerprint density at radius 3 is 2.50 bits per heavy atom. The molecule has 2 heterocycles. The minimum atomic E-state index is -0.244. The Kier molecular flexibility index (Phi) is 5.02. The fourth-order valence-corrected chi connectivity index (χ4v) is 3.88. The van der Waals surface area contributed by atoms with Crippen molar-refractivity contribution < 1.29 is 18.6 Å². The molecule has 0 unspecified atom stereocenters. The van der Waals surface area contributed by atoms with Crippen LogP contribution in [0, 0.1) is 5.82 Å². The number of ether oxygens (including phenoxy) is 3. The average molecular weight is 378 g/mol. The molecule has 2 aromatic carbocycles. The first-order valence-electron chi connectivity index (χ1n) is 8.83. The van der Waals surface area contributed by atoms with Crippen LogP contribution in [0.15, 0.2) is 36.4 Å². The van der Waals surface area contributed by atoms with Crippen LogP contribution < -0.4 is 14.8 Å². The number of benzene rings is 2. The van der Waals surface area contributed by atoms with E-state index in [0.29, 0.717) is 49.5 Å². The van der Waals surface area contributed by atoms with Crippen molar-refractivity contribution in [3.05, 3.63) is 58.4 Å². The predicted octanol–water partition coefficient (Wildman–Crippen LogP) is 4.05. The first kappa shape index (κ1) is 17.6. The second-order valence-corrected chi connectivity index (χ2v) is 7.06. The summed E-state index contributed by atoms with van der Waals surface area (Å²) in [5.74, 6) is 1.07. The fraction of sp³-hybridized carbons (Fsp3) is 0.400. The van der Waals surface area contributed by atoms with E-state index >= 15 is 0 Å². The SMILES string of the molecule is Fc1ccc(C2(NCc3cc(Cl)c4c(c3)OCCO4)CCOCC2)cc1. The van der Waals surface area contributed by atoms with Gasteiger partial charge in [0.25, 0.3) is 0 Å². The zero-order valence-electron chi connectivity index (χ0n) is 14.4. The third-order valence-corrected chi connectivity index (χ3v) is 5.31. The van der Waals surface area contributed by atoms with Crippen LogP contribution in [-0.4, -0.2) is 26.4 Å². The van der Waals surface area contributed by atoms with Crippen LogP contribution in [0.2, 0.25) is 5.02 Å². The predicted molar refractivity (Wildman–Crippen MR) is 97.4 cm³/mol. The van der Waals surface area contributed by atoms with Crippen molar-refractivity contribution in [3.63, 3.8) is 0 Å². The molecule has 0 radical (unpaired) electrons. The Morgan fingerprint density at radius 2 is 1.73 bits per heavy atom. The van der Waals surface area contributed by atoms with Gasteiger partial charge in [0.15, 0.2) is 11.5 Å². The van der Waals surface area contributed by atoms with E-state index in [-0.39, 0.29) is 11.4 Å². The summed E-state index contributed by atoms with van der Waals surface area (Å²) in [6.07, 6.45) is 1.66. The highest BCUT2D eigenvalue weighted by Crippen LogP contribution is 2.39. The molecule has 26 heavy (non-hydrogen) atoms. The summed E-state index contributed by atoms with van der Waals surface area (Å²) in [5, 5.41) is 4.22. The van der Waals surface area contributed by atoms with Gasteiger partial charge in [-0.05, 0) is 48.2 Å². The summed E-state index contributed by atoms with van der Waals surface area (Å²) in [5.41, 5.74) is 1.85. The van der Waals surface area contributed by atoms with Gasteiger partial charge in [-0.3, -0.25) is 0 Å². The summed E-state index contributed by atoms with van der Waals surface area (Å²) in [4.78, 5) is 0. The number of fused-ring (bicyclic) bond motifs is 1. The Labute approximate surface area is 157 Å². The molecule has 0 spiro atoms. The smallest absolute Gasteiger partial charge is 0.179 e. The summed E-state index contributed by atoms with van der Waals surface area (Å²) in [7, 11) is 0. The van der Waals surface area contributed by atoms with Crippen molar-refractivity contribution in [1.82, 2.24) is 5.32 Å². The molecule has 4 nitrogen and oxygen atoms in total. The van der Waals surface area contributed by atoms with Gasteiger partial charge in [0, 0.05) is 25.3 Å². The maximum atomic E-state index is 13.3. The van der Waals surface area contributed by atoms with Gasteiger partial charge in [-0.25, -0.2) is 4.39 Å². The highest BCUT2D eigenvalue weighted by Gasteiger charge is 2.34. The molecule has 0 bridgehead atoms. The van der Waals surface area contributed by atoms with E-state index in [9.17, 15) is 4.39 Å². The van der Waals surface area contributed by atoms with Gasteiger partial charge in [0.2, 0.25) is 0 Å². The normalized spacial score (nSPS) is 18.5. The Balaban J connectivity index is 1.57. The molecule has 0 aromatic heterocycles. The van der Waals surface area contributed by atoms with Crippen molar-refractivity contribution in [2.75, 3.05) is 26.4 Å². The van der Waals surface area contributed by atoms with Crippen molar-refractivity contribution in [2.45, 2.75) is 24.9 Å². The van der Waals surface area contributed by atoms with E-state index in [4.69, 9.17) is 25.8 Å². The molecule has 6 heteroatoms. The molecule has 0 amide bonds. The van der Waals surface area contributed by atoms with Crippen LogP contribution in [0.4, 0.5) is 4.39 Å². The molecule has 1 saturated heterocycles. The van der Waals surface area contributed by atoms with E-state index in [0.717, 1.165) is 24.0 Å². The van der Waals surface area contributed by atoms with E-state index in [1.54, 1.807) is 0 Å². The molecule has 1 N–H and O–H groups in total. The van der Waals surface area contributed by atoms with Crippen molar-refractivity contribution >= 4 is 11.6 Å². The summed E-state index contributed by atoms with van der Waals surface area (Å²) in [6, 6.07) is 10.6. The molecule has 0 saturated carbocycles. The molecule has 0 aliphatic carbocycles. The molecule has 138 valence electrons. The van der Waals surface area contributed by atoms with Gasteiger partial charge in [0.1, 0.15) is 19.0 Å². The van der Waals surface area contributed by atoms with Crippen LogP contribution in [0.1, 0.15) is 24.0 Å². The molecule has 2 aromatic rings. The number of rotatable bonds is 4. The minimum absolute atomic E-state index is 0.227. The summed E-state index contributed by atoms with van der Waals surface area (Å²) in [6.45, 7) is 3.00. The lowest BCUT2D eigenvalue weighted by atomic mass is 9.82. The van der Waals surface area contributed by atoms with Crippen LogP contribution >= 0.6 is 11.6 Å². The summed E-state index contributed by atoms with van der Waals surface area (Å²) < 4.78 is 30.1. The first-order chi connectivity index (χ1) is 12.7. The third kappa shape index (κ3) is 3.52. The summed E-state index contributed by atoms with van der Waals surface area (Å²) >= 11 is 6.34. The molecular weight excluding hydrogens is 357 g/mol. The number of hydrogen-bond acceptors (Lipinski definition) is 4. The van der Waals surface area contributed by atoms with E-state index < -0.39 is 0 Å². The lowest BCUT2D eigenvalue weighted by molar-refractivity contribution is 0.0357. The zero-order valence-corrected chi connectivity index (χ0v) is 15.2. The van der Waals surface area contributed by atoms with Gasteiger partial charge in [-0.15, -0.1) is 0 Å². The Hall–Kier alpha value is -1.82. The molecule has 2 aliphatic heterocycles. The fourth-order valence-electron chi connectivity index (χ4n) is 3.59. The highest BCUT2D eigenvalue weighted by atomic mass is 35.5. The van der Waals surface area contributed by atoms with Crippen molar-refractivity contribution in [1.29, 1.82) is 0 Å². The van der Waals surface area contributed by atoms with E-state index in [1.165, 1.54) is 12.1 Å². The molecule has 0 atom stereocenters. The Bertz CT molecular complexity index is 775. The number of halogens is 2.